The van der Waals surface area contributed by atoms with Gasteiger partial charge >= 0.3 is 12.2 Å². The summed E-state index contributed by atoms with van der Waals surface area (Å²) in [7, 11) is 2.59. The molecule has 0 radical (unpaired) electrons. The quantitative estimate of drug-likeness (QED) is 0.114. The van der Waals surface area contributed by atoms with E-state index < -0.39 is 23.8 Å². The summed E-state index contributed by atoms with van der Waals surface area (Å²) in [4.78, 5) is 73.6. The molecule has 9 rings (SSSR count). The first-order valence-corrected chi connectivity index (χ1v) is 21.4. The Hall–Kier alpha value is -6.62. The molecule has 4 heterocycles. The molecule has 3 aromatic carbocycles. The third-order valence-electron chi connectivity index (χ3n) is 13.5. The minimum absolute atomic E-state index is 0.0497. The number of amides is 4. The van der Waals surface area contributed by atoms with Crippen LogP contribution in [0.15, 0.2) is 79.0 Å². The lowest BCUT2D eigenvalue weighted by Crippen LogP contribution is -2.55. The third-order valence-corrected chi connectivity index (χ3v) is 13.5. The molecule has 2 aromatic heterocycles. The van der Waals surface area contributed by atoms with Gasteiger partial charge in [-0.15, -0.1) is 0 Å². The average molecular weight is 837 g/mol. The molecule has 5 aromatic rings. The van der Waals surface area contributed by atoms with Crippen LogP contribution in [0.3, 0.4) is 0 Å². The molecular weight excluding hydrogens is 785 g/mol. The van der Waals surface area contributed by atoms with Gasteiger partial charge in [-0.3, -0.25) is 9.59 Å². The average Bonchev–Trinajstić information content (AvgIpc) is 3.90. The number of benzene rings is 3. The number of rotatable bonds is 9. The number of likely N-dealkylation sites (tertiary alicyclic amines) is 2. The van der Waals surface area contributed by atoms with Crippen molar-refractivity contribution in [3.8, 4) is 23.1 Å². The molecule has 14 heteroatoms. The van der Waals surface area contributed by atoms with Crippen LogP contribution in [0.1, 0.15) is 99.7 Å². The first-order valence-electron chi connectivity index (χ1n) is 21.4. The van der Waals surface area contributed by atoms with Gasteiger partial charge in [-0.05, 0) is 104 Å². The van der Waals surface area contributed by atoms with Crippen molar-refractivity contribution in [3.05, 3.63) is 107 Å². The molecule has 2 saturated carbocycles. The fraction of sp³-hybridized carbons (Fsp3) is 0.417. The molecule has 4 N–H and O–H groups in total. The summed E-state index contributed by atoms with van der Waals surface area (Å²) in [6.07, 6.45) is 6.38. The summed E-state index contributed by atoms with van der Waals surface area (Å²) in [5.41, 5.74) is 4.55. The van der Waals surface area contributed by atoms with E-state index in [1.165, 1.54) is 14.2 Å². The third kappa shape index (κ3) is 7.76. The largest absolute Gasteiger partial charge is 0.453 e. The number of aromatic nitrogens is 4. The van der Waals surface area contributed by atoms with Gasteiger partial charge in [0.1, 0.15) is 23.2 Å². The molecule has 4 fully saturated rings. The topological polar surface area (TPSA) is 175 Å². The van der Waals surface area contributed by atoms with Crippen LogP contribution in [0, 0.1) is 28.6 Å². The van der Waals surface area contributed by atoms with Crippen LogP contribution in [0.4, 0.5) is 9.59 Å². The standard InChI is InChI=1S/C48H52N8O6/c1-29(2)39(53-44(59)61-4)42(57)55-27-47(19-20-47)24-37(55)40-49-26-36(52-40)32-16-13-30(14-17-32)11-12-31-15-18-34-35(23-31)51-41(50-34)38-25-48(21-22-48)28-56(38)43(58)46(3,54-45(60)62-5)33-9-7-6-8-10-33/h6-10,13-18,23,26,29,37-39H,19-22,24-25,27-28H2,1-5H3,(H,49,52)(H,50,51)(H,53,59)(H,54,60)/t37-,38-,39-,46+/m0/s1. The number of alkyl carbamates (subject to hydrolysis) is 2. The summed E-state index contributed by atoms with van der Waals surface area (Å²) >= 11 is 0. The Morgan fingerprint density at radius 2 is 1.44 bits per heavy atom. The van der Waals surface area contributed by atoms with Crippen molar-refractivity contribution in [2.75, 3.05) is 27.3 Å². The second-order valence-corrected chi connectivity index (χ2v) is 18.2. The van der Waals surface area contributed by atoms with E-state index in [1.807, 2.05) is 103 Å². The van der Waals surface area contributed by atoms with Gasteiger partial charge in [-0.1, -0.05) is 68.2 Å². The first-order chi connectivity index (χ1) is 29.8. The minimum Gasteiger partial charge on any atom is -0.453 e. The van der Waals surface area contributed by atoms with E-state index in [4.69, 9.17) is 19.4 Å². The highest BCUT2D eigenvalue weighted by Crippen LogP contribution is 2.59. The molecule has 4 amide bonds. The summed E-state index contributed by atoms with van der Waals surface area (Å²) in [6.45, 7) is 6.80. The molecule has 4 atom stereocenters. The molecule has 2 aliphatic carbocycles. The SMILES string of the molecule is COC(=O)N[C@H](C(=O)N1CC2(CC2)C[C@H]1c1ncc(-c2ccc(C#Cc3ccc4nc([C@@H]5CC6(CC6)CN5C(=O)[C@](C)(NC(=O)OC)c5ccccc5)[nH]c4c3)cc2)[nH]1)C(C)C. The maximum Gasteiger partial charge on any atom is 0.407 e. The summed E-state index contributed by atoms with van der Waals surface area (Å²) in [5.74, 6) is 7.59. The Kier molecular flexibility index (Phi) is 10.3. The molecule has 2 saturated heterocycles. The van der Waals surface area contributed by atoms with E-state index in [0.29, 0.717) is 24.5 Å². The van der Waals surface area contributed by atoms with Gasteiger partial charge in [0.05, 0.1) is 49.2 Å². The van der Waals surface area contributed by atoms with E-state index in [-0.39, 0.29) is 40.6 Å². The molecule has 14 nitrogen and oxygen atoms in total. The fourth-order valence-corrected chi connectivity index (χ4v) is 9.36. The highest BCUT2D eigenvalue weighted by molar-refractivity contribution is 5.91. The minimum atomic E-state index is -1.34. The first kappa shape index (κ1) is 40.8. The number of fused-ring (bicyclic) bond motifs is 1. The van der Waals surface area contributed by atoms with Crippen LogP contribution in [0.5, 0.6) is 0 Å². The van der Waals surface area contributed by atoms with Crippen LogP contribution in [-0.2, 0) is 24.6 Å². The van der Waals surface area contributed by atoms with Crippen LogP contribution < -0.4 is 10.6 Å². The van der Waals surface area contributed by atoms with E-state index in [1.54, 1.807) is 6.92 Å². The Morgan fingerprint density at radius 3 is 2.08 bits per heavy atom. The maximum atomic E-state index is 14.6. The van der Waals surface area contributed by atoms with Crippen molar-refractivity contribution in [2.45, 2.75) is 83.0 Å². The number of nitrogens with one attached hydrogen (secondary N) is 4. The predicted octanol–water partition coefficient (Wildman–Crippen LogP) is 7.11. The van der Waals surface area contributed by atoms with E-state index in [9.17, 15) is 19.2 Å². The Labute approximate surface area is 360 Å². The fourth-order valence-electron chi connectivity index (χ4n) is 9.36. The Bertz CT molecular complexity index is 2600. The van der Waals surface area contributed by atoms with Gasteiger partial charge < -0.3 is 39.9 Å². The van der Waals surface area contributed by atoms with Gasteiger partial charge in [-0.25, -0.2) is 19.6 Å². The van der Waals surface area contributed by atoms with Crippen molar-refractivity contribution >= 4 is 35.0 Å². The zero-order chi connectivity index (χ0) is 43.4. The summed E-state index contributed by atoms with van der Waals surface area (Å²) in [6, 6.07) is 21.9. The number of ether oxygens (including phenoxy) is 2. The van der Waals surface area contributed by atoms with Crippen molar-refractivity contribution in [1.82, 2.24) is 40.4 Å². The molecule has 0 bridgehead atoms. The van der Waals surface area contributed by atoms with E-state index in [2.05, 4.69) is 32.4 Å². The number of imidazole rings is 2. The highest BCUT2D eigenvalue weighted by atomic mass is 16.5. The van der Waals surface area contributed by atoms with Crippen molar-refractivity contribution in [3.63, 3.8) is 0 Å². The Morgan fingerprint density at radius 1 is 0.806 bits per heavy atom. The summed E-state index contributed by atoms with van der Waals surface area (Å²) in [5, 5.41) is 5.57. The van der Waals surface area contributed by atoms with Crippen LogP contribution in [-0.4, -0.2) is 87.1 Å². The van der Waals surface area contributed by atoms with E-state index >= 15 is 0 Å². The number of methoxy groups -OCH3 is 2. The monoisotopic (exact) mass is 836 g/mol. The summed E-state index contributed by atoms with van der Waals surface area (Å²) < 4.78 is 9.76. The number of H-pyrrole nitrogens is 2. The lowest BCUT2D eigenvalue weighted by Gasteiger charge is -2.35. The van der Waals surface area contributed by atoms with Crippen molar-refractivity contribution in [1.29, 1.82) is 0 Å². The van der Waals surface area contributed by atoms with Gasteiger partial charge in [0.15, 0.2) is 0 Å². The predicted molar refractivity (Wildman–Crippen MR) is 231 cm³/mol. The van der Waals surface area contributed by atoms with Crippen LogP contribution >= 0.6 is 0 Å². The molecule has 2 aliphatic heterocycles. The van der Waals surface area contributed by atoms with Gasteiger partial charge in [0, 0.05) is 24.2 Å². The second-order valence-electron chi connectivity index (χ2n) is 18.2. The second kappa shape index (κ2) is 15.7. The molecular formula is C48H52N8O6. The normalized spacial score (nSPS) is 20.7. The van der Waals surface area contributed by atoms with Crippen LogP contribution in [0.25, 0.3) is 22.3 Å². The molecule has 4 aliphatic rings. The zero-order valence-corrected chi connectivity index (χ0v) is 35.7. The number of carbonyl (C=O) groups excluding carboxylic acids is 4. The van der Waals surface area contributed by atoms with Gasteiger partial charge in [0.25, 0.3) is 5.91 Å². The lowest BCUT2D eigenvalue weighted by atomic mass is 9.90. The smallest absolute Gasteiger partial charge is 0.407 e. The molecule has 320 valence electrons. The number of aromatic amines is 2. The molecule has 62 heavy (non-hydrogen) atoms. The number of hydrogen-bond acceptors (Lipinski definition) is 8. The molecule has 0 unspecified atom stereocenters. The lowest BCUT2D eigenvalue weighted by molar-refractivity contribution is -0.139. The van der Waals surface area contributed by atoms with Gasteiger partial charge in [-0.2, -0.15) is 0 Å². The number of nitrogens with zero attached hydrogens (tertiary/aromatic N) is 4. The van der Waals surface area contributed by atoms with Gasteiger partial charge in [0.2, 0.25) is 5.91 Å². The van der Waals surface area contributed by atoms with Crippen molar-refractivity contribution < 1.29 is 28.7 Å². The van der Waals surface area contributed by atoms with E-state index in [0.717, 1.165) is 77.8 Å². The maximum absolute atomic E-state index is 14.6. The van der Waals surface area contributed by atoms with Crippen molar-refractivity contribution in [2.24, 2.45) is 16.7 Å². The Balaban J connectivity index is 0.904. The zero-order valence-electron chi connectivity index (χ0n) is 35.7. The molecule has 2 spiro atoms. The van der Waals surface area contributed by atoms with Crippen LogP contribution in [0.2, 0.25) is 0 Å². The number of carbonyl (C=O) groups is 4. The number of hydrogen-bond donors (Lipinski definition) is 4. The highest BCUT2D eigenvalue weighted by Gasteiger charge is 2.57.